The largest absolute Gasteiger partial charge is 0.466 e. The Balaban J connectivity index is 4.72. The van der Waals surface area contributed by atoms with Gasteiger partial charge >= 0.3 is 12.1 Å². The Labute approximate surface area is 114 Å². The summed E-state index contributed by atoms with van der Waals surface area (Å²) in [5.41, 5.74) is -0.827. The lowest BCUT2D eigenvalue weighted by atomic mass is 9.88. The van der Waals surface area contributed by atoms with Crippen LogP contribution in [-0.4, -0.2) is 23.1 Å². The molecule has 0 atom stereocenters. The second kappa shape index (κ2) is 6.15. The normalized spacial score (nSPS) is 14.0. The molecule has 0 fully saturated rings. The van der Waals surface area contributed by atoms with Gasteiger partial charge in [0.1, 0.15) is 0 Å². The van der Waals surface area contributed by atoms with Crippen molar-refractivity contribution in [3.05, 3.63) is 12.2 Å². The summed E-state index contributed by atoms with van der Waals surface area (Å²) in [5, 5.41) is 0. The number of rotatable bonds is 5. The van der Waals surface area contributed by atoms with Gasteiger partial charge in [-0.15, -0.1) is 0 Å². The maximum Gasteiger partial charge on any atom is 0.425 e. The average molecular weight is 307 g/mol. The minimum absolute atomic E-state index is 0.0565. The Hall–Kier alpha value is -0.420. The van der Waals surface area contributed by atoms with Gasteiger partial charge in [0.05, 0.1) is 13.0 Å². The third-order valence-corrected chi connectivity index (χ3v) is 2.71. The van der Waals surface area contributed by atoms with Gasteiger partial charge in [0.2, 0.25) is 4.33 Å². The molecule has 7 heteroatoms. The van der Waals surface area contributed by atoms with Gasteiger partial charge in [-0.25, -0.2) is 0 Å². The minimum atomic E-state index is -4.77. The lowest BCUT2D eigenvalue weighted by molar-refractivity contribution is -0.144. The van der Waals surface area contributed by atoms with Gasteiger partial charge in [0.25, 0.3) is 0 Å². The fraction of sp³-hybridized carbons (Fsp3) is 0.727. The molecule has 0 aliphatic rings. The van der Waals surface area contributed by atoms with Gasteiger partial charge in [-0.3, -0.25) is 4.79 Å². The number of alkyl halides is 5. The van der Waals surface area contributed by atoms with Gasteiger partial charge in [-0.05, 0) is 18.4 Å². The van der Waals surface area contributed by atoms with Gasteiger partial charge in [0, 0.05) is 0 Å². The highest BCUT2D eigenvalue weighted by Crippen LogP contribution is 2.42. The first-order chi connectivity index (χ1) is 7.91. The van der Waals surface area contributed by atoms with Gasteiger partial charge in [0.15, 0.2) is 0 Å². The molecule has 0 heterocycles. The molecule has 2 nitrogen and oxygen atoms in total. The summed E-state index contributed by atoms with van der Waals surface area (Å²) in [6.45, 7) is 5.03. The molecule has 0 radical (unpaired) electrons. The Morgan fingerprint density at radius 3 is 2.11 bits per heavy atom. The van der Waals surface area contributed by atoms with Crippen LogP contribution in [-0.2, 0) is 9.53 Å². The van der Waals surface area contributed by atoms with Crippen molar-refractivity contribution in [2.24, 2.45) is 5.41 Å². The summed E-state index contributed by atoms with van der Waals surface area (Å²) in [6.07, 6.45) is -3.03. The summed E-state index contributed by atoms with van der Waals surface area (Å²) >= 11 is 10.3. The van der Waals surface area contributed by atoms with Crippen molar-refractivity contribution in [3.63, 3.8) is 0 Å². The van der Waals surface area contributed by atoms with E-state index in [4.69, 9.17) is 27.9 Å². The molecule has 0 spiro atoms. The number of esters is 1. The molecule has 0 aromatic rings. The summed E-state index contributed by atoms with van der Waals surface area (Å²) in [6, 6.07) is 0. The van der Waals surface area contributed by atoms with E-state index < -0.39 is 21.9 Å². The molecule has 0 bridgehead atoms. The molecule has 0 aromatic carbocycles. The van der Waals surface area contributed by atoms with E-state index in [1.807, 2.05) is 0 Å². The zero-order valence-corrected chi connectivity index (χ0v) is 11.8. The topological polar surface area (TPSA) is 26.3 Å². The average Bonchev–Trinajstić information content (AvgIpc) is 2.13. The number of carbonyl (C=O) groups is 1. The molecule has 0 aliphatic heterocycles. The highest BCUT2D eigenvalue weighted by Gasteiger charge is 2.50. The standard InChI is InChI=1S/C11H15Cl2F3O2/c1-4-18-8(17)7-9(2,3)5-6-10(12,13)11(14,15)16/h5-6H,4,7H2,1-3H3/b6-5+. The number of hydrogen-bond donors (Lipinski definition) is 0. The molecular formula is C11H15Cl2F3O2. The fourth-order valence-corrected chi connectivity index (χ4v) is 1.19. The van der Waals surface area contributed by atoms with Crippen LogP contribution < -0.4 is 0 Å². The van der Waals surface area contributed by atoms with Crippen LogP contribution >= 0.6 is 23.2 Å². The van der Waals surface area contributed by atoms with Crippen molar-refractivity contribution in [3.8, 4) is 0 Å². The highest BCUT2D eigenvalue weighted by atomic mass is 35.5. The molecule has 0 saturated heterocycles. The second-order valence-electron chi connectivity index (χ2n) is 4.42. The first-order valence-corrected chi connectivity index (χ1v) is 5.97. The molecule has 106 valence electrons. The lowest BCUT2D eigenvalue weighted by Crippen LogP contribution is -2.32. The van der Waals surface area contributed by atoms with Crippen molar-refractivity contribution in [1.29, 1.82) is 0 Å². The predicted octanol–water partition coefficient (Wildman–Crippen LogP) is 4.26. The van der Waals surface area contributed by atoms with E-state index in [-0.39, 0.29) is 13.0 Å². The maximum absolute atomic E-state index is 12.4. The van der Waals surface area contributed by atoms with Crippen LogP contribution in [0.15, 0.2) is 12.2 Å². The summed E-state index contributed by atoms with van der Waals surface area (Å²) in [5.74, 6) is -0.492. The Morgan fingerprint density at radius 2 is 1.72 bits per heavy atom. The van der Waals surface area contributed by atoms with Crippen molar-refractivity contribution in [2.45, 2.75) is 37.7 Å². The van der Waals surface area contributed by atoms with E-state index in [1.54, 1.807) is 20.8 Å². The molecule has 0 aliphatic carbocycles. The van der Waals surface area contributed by atoms with Crippen molar-refractivity contribution in [1.82, 2.24) is 0 Å². The Morgan fingerprint density at radius 1 is 1.22 bits per heavy atom. The molecule has 0 unspecified atom stereocenters. The Kier molecular flexibility index (Phi) is 6.01. The lowest BCUT2D eigenvalue weighted by Gasteiger charge is -2.23. The number of ether oxygens (including phenoxy) is 1. The third-order valence-electron chi connectivity index (χ3n) is 2.03. The van der Waals surface area contributed by atoms with E-state index in [0.29, 0.717) is 6.08 Å². The van der Waals surface area contributed by atoms with E-state index in [2.05, 4.69) is 0 Å². The molecule has 0 aromatic heterocycles. The second-order valence-corrected chi connectivity index (χ2v) is 5.81. The van der Waals surface area contributed by atoms with E-state index in [1.165, 1.54) is 0 Å². The van der Waals surface area contributed by atoms with Gasteiger partial charge in [-0.2, -0.15) is 13.2 Å². The zero-order valence-electron chi connectivity index (χ0n) is 10.3. The van der Waals surface area contributed by atoms with Gasteiger partial charge < -0.3 is 4.74 Å². The first kappa shape index (κ1) is 17.6. The van der Waals surface area contributed by atoms with E-state index in [0.717, 1.165) is 6.08 Å². The van der Waals surface area contributed by atoms with Crippen molar-refractivity contribution < 1.29 is 22.7 Å². The number of halogens is 5. The quantitative estimate of drug-likeness (QED) is 0.431. The molecular weight excluding hydrogens is 292 g/mol. The molecule has 18 heavy (non-hydrogen) atoms. The van der Waals surface area contributed by atoms with Crippen LogP contribution in [0.25, 0.3) is 0 Å². The molecule has 0 saturated carbocycles. The van der Waals surface area contributed by atoms with Crippen LogP contribution in [0.4, 0.5) is 13.2 Å². The molecule has 0 rings (SSSR count). The molecule has 0 amide bonds. The zero-order chi connectivity index (χ0) is 14.6. The maximum atomic E-state index is 12.4. The Bertz CT molecular complexity index is 323. The van der Waals surface area contributed by atoms with Crippen LogP contribution in [0, 0.1) is 5.41 Å². The number of carbonyl (C=O) groups excluding carboxylic acids is 1. The summed E-state index contributed by atoms with van der Waals surface area (Å²) in [4.78, 5) is 11.2. The predicted molar refractivity (Wildman–Crippen MR) is 64.7 cm³/mol. The van der Waals surface area contributed by atoms with Crippen LogP contribution in [0.1, 0.15) is 27.2 Å². The van der Waals surface area contributed by atoms with Crippen LogP contribution in [0.5, 0.6) is 0 Å². The van der Waals surface area contributed by atoms with Crippen LogP contribution in [0.3, 0.4) is 0 Å². The van der Waals surface area contributed by atoms with E-state index in [9.17, 15) is 18.0 Å². The van der Waals surface area contributed by atoms with Crippen molar-refractivity contribution >= 4 is 29.2 Å². The van der Waals surface area contributed by atoms with Crippen LogP contribution in [0.2, 0.25) is 0 Å². The number of hydrogen-bond acceptors (Lipinski definition) is 2. The monoisotopic (exact) mass is 306 g/mol. The third kappa shape index (κ3) is 5.96. The highest BCUT2D eigenvalue weighted by molar-refractivity contribution is 6.50. The fourth-order valence-electron chi connectivity index (χ4n) is 1.07. The summed E-state index contributed by atoms with van der Waals surface area (Å²) < 4.78 is 38.9. The smallest absolute Gasteiger partial charge is 0.425 e. The van der Waals surface area contributed by atoms with Crippen molar-refractivity contribution in [2.75, 3.05) is 6.61 Å². The minimum Gasteiger partial charge on any atom is -0.466 e. The SMILES string of the molecule is CCOC(=O)CC(C)(C)/C=C/C(Cl)(Cl)C(F)(F)F. The van der Waals surface area contributed by atoms with Gasteiger partial charge in [-0.1, -0.05) is 43.1 Å². The van der Waals surface area contributed by atoms with E-state index >= 15 is 0 Å². The molecule has 0 N–H and O–H groups in total. The summed E-state index contributed by atoms with van der Waals surface area (Å²) in [7, 11) is 0. The first-order valence-electron chi connectivity index (χ1n) is 5.22. The number of allylic oxidation sites excluding steroid dienone is 2.